The SMILES string of the molecule is COCCCOc1cc(C(=O)N(C(C)C)[C@@H]2CCCCN(C(=O)OC(C)(C)C)C2)ccc1OC. The molecule has 1 aliphatic heterocycles. The molecule has 34 heavy (non-hydrogen) atoms. The van der Waals surface area contributed by atoms with Crippen LogP contribution in [-0.4, -0.2) is 80.0 Å². The van der Waals surface area contributed by atoms with Gasteiger partial charge >= 0.3 is 6.09 Å². The van der Waals surface area contributed by atoms with Crippen LogP contribution >= 0.6 is 0 Å². The molecule has 8 nitrogen and oxygen atoms in total. The second kappa shape index (κ2) is 12.8. The lowest BCUT2D eigenvalue weighted by molar-refractivity contribution is 0.0182. The molecule has 1 aromatic carbocycles. The molecule has 1 fully saturated rings. The van der Waals surface area contributed by atoms with E-state index in [4.69, 9.17) is 18.9 Å². The molecule has 0 aromatic heterocycles. The Hall–Kier alpha value is -2.48. The van der Waals surface area contributed by atoms with Crippen LogP contribution in [0.3, 0.4) is 0 Å². The summed E-state index contributed by atoms with van der Waals surface area (Å²) in [7, 11) is 3.23. The van der Waals surface area contributed by atoms with Crippen molar-refractivity contribution in [2.75, 3.05) is 40.5 Å². The zero-order valence-corrected chi connectivity index (χ0v) is 21.9. The Morgan fingerprint density at radius 1 is 1.12 bits per heavy atom. The maximum atomic E-state index is 13.7. The molecular formula is C26H42N2O6. The first-order chi connectivity index (χ1) is 16.1. The molecule has 0 aliphatic carbocycles. The van der Waals surface area contributed by atoms with E-state index < -0.39 is 5.60 Å². The van der Waals surface area contributed by atoms with Gasteiger partial charge in [0.15, 0.2) is 11.5 Å². The van der Waals surface area contributed by atoms with E-state index in [1.165, 1.54) is 0 Å². The van der Waals surface area contributed by atoms with Crippen molar-refractivity contribution in [2.45, 2.75) is 78.0 Å². The molecule has 1 aliphatic rings. The lowest BCUT2D eigenvalue weighted by Crippen LogP contribution is -2.51. The van der Waals surface area contributed by atoms with Crippen molar-refractivity contribution >= 4 is 12.0 Å². The van der Waals surface area contributed by atoms with Gasteiger partial charge in [0.1, 0.15) is 5.60 Å². The smallest absolute Gasteiger partial charge is 0.410 e. The minimum Gasteiger partial charge on any atom is -0.493 e. The van der Waals surface area contributed by atoms with Crippen molar-refractivity contribution in [3.8, 4) is 11.5 Å². The Kier molecular flexibility index (Phi) is 10.5. The number of rotatable bonds is 9. The average Bonchev–Trinajstić information content (AvgIpc) is 3.01. The van der Waals surface area contributed by atoms with Crippen molar-refractivity contribution < 1.29 is 28.5 Å². The molecule has 0 unspecified atom stereocenters. The summed E-state index contributed by atoms with van der Waals surface area (Å²) in [6.07, 6.45) is 3.07. The van der Waals surface area contributed by atoms with E-state index in [-0.39, 0.29) is 24.1 Å². The van der Waals surface area contributed by atoms with E-state index in [2.05, 4.69) is 0 Å². The molecule has 2 amide bonds. The number of methoxy groups -OCH3 is 2. The predicted octanol–water partition coefficient (Wildman–Crippen LogP) is 4.75. The van der Waals surface area contributed by atoms with Gasteiger partial charge < -0.3 is 28.7 Å². The molecule has 1 heterocycles. The normalized spacial score (nSPS) is 16.7. The predicted molar refractivity (Wildman–Crippen MR) is 132 cm³/mol. The highest BCUT2D eigenvalue weighted by molar-refractivity contribution is 5.95. The molecule has 0 saturated carbocycles. The van der Waals surface area contributed by atoms with Gasteiger partial charge in [-0.15, -0.1) is 0 Å². The van der Waals surface area contributed by atoms with Crippen LogP contribution < -0.4 is 9.47 Å². The van der Waals surface area contributed by atoms with Gasteiger partial charge in [-0.2, -0.15) is 0 Å². The summed E-state index contributed by atoms with van der Waals surface area (Å²) in [5.74, 6) is 1.02. The fourth-order valence-corrected chi connectivity index (χ4v) is 4.12. The molecule has 8 heteroatoms. The monoisotopic (exact) mass is 478 g/mol. The van der Waals surface area contributed by atoms with Gasteiger partial charge in [-0.1, -0.05) is 0 Å². The van der Waals surface area contributed by atoms with E-state index in [1.807, 2.05) is 39.5 Å². The van der Waals surface area contributed by atoms with Crippen molar-refractivity contribution in [3.05, 3.63) is 23.8 Å². The Morgan fingerprint density at radius 2 is 1.85 bits per heavy atom. The first-order valence-corrected chi connectivity index (χ1v) is 12.2. The molecule has 0 N–H and O–H groups in total. The highest BCUT2D eigenvalue weighted by Gasteiger charge is 2.33. The van der Waals surface area contributed by atoms with Crippen LogP contribution in [0.5, 0.6) is 11.5 Å². The molecule has 1 atom stereocenters. The van der Waals surface area contributed by atoms with Gasteiger partial charge in [0.05, 0.1) is 19.8 Å². The maximum Gasteiger partial charge on any atom is 0.410 e. The third-order valence-electron chi connectivity index (χ3n) is 5.64. The second-order valence-electron chi connectivity index (χ2n) is 9.94. The zero-order chi connectivity index (χ0) is 25.3. The summed E-state index contributed by atoms with van der Waals surface area (Å²) in [6, 6.07) is 5.13. The molecule has 1 aromatic rings. The number of ether oxygens (including phenoxy) is 4. The number of likely N-dealkylation sites (tertiary alicyclic amines) is 1. The van der Waals surface area contributed by atoms with E-state index in [0.29, 0.717) is 43.4 Å². The van der Waals surface area contributed by atoms with E-state index in [9.17, 15) is 9.59 Å². The molecule has 0 bridgehead atoms. The first kappa shape index (κ1) is 27.8. The quantitative estimate of drug-likeness (QED) is 0.477. The number of hydrogen-bond acceptors (Lipinski definition) is 6. The van der Waals surface area contributed by atoms with Crippen LogP contribution in [0.15, 0.2) is 18.2 Å². The number of carbonyl (C=O) groups is 2. The van der Waals surface area contributed by atoms with Gasteiger partial charge in [-0.25, -0.2) is 4.79 Å². The largest absolute Gasteiger partial charge is 0.493 e. The summed E-state index contributed by atoms with van der Waals surface area (Å²) in [6.45, 7) is 11.7. The maximum absolute atomic E-state index is 13.7. The number of nitrogens with zero attached hydrogens (tertiary/aromatic N) is 2. The minimum absolute atomic E-state index is 0.0377. The summed E-state index contributed by atoms with van der Waals surface area (Å²) >= 11 is 0. The molecule has 1 saturated heterocycles. The van der Waals surface area contributed by atoms with Crippen molar-refractivity contribution in [3.63, 3.8) is 0 Å². The van der Waals surface area contributed by atoms with E-state index in [1.54, 1.807) is 37.3 Å². The van der Waals surface area contributed by atoms with Crippen LogP contribution in [0.1, 0.15) is 70.7 Å². The zero-order valence-electron chi connectivity index (χ0n) is 21.9. The summed E-state index contributed by atoms with van der Waals surface area (Å²) < 4.78 is 22.0. The highest BCUT2D eigenvalue weighted by Crippen LogP contribution is 2.30. The van der Waals surface area contributed by atoms with E-state index >= 15 is 0 Å². The molecule has 0 spiro atoms. The average molecular weight is 479 g/mol. The van der Waals surface area contributed by atoms with Crippen molar-refractivity contribution in [2.24, 2.45) is 0 Å². The number of carbonyl (C=O) groups excluding carboxylic acids is 2. The fourth-order valence-electron chi connectivity index (χ4n) is 4.12. The van der Waals surface area contributed by atoms with Gasteiger partial charge in [0.25, 0.3) is 5.91 Å². The number of amides is 2. The lowest BCUT2D eigenvalue weighted by atomic mass is 10.0. The number of benzene rings is 1. The standard InChI is InChI=1S/C26H42N2O6/c1-19(2)28(21-11-8-9-14-27(18-21)25(30)34-26(3,4)5)24(29)20-12-13-22(32-7)23(17-20)33-16-10-15-31-6/h12-13,17,19,21H,8-11,14-16,18H2,1-7H3/t21-/m1/s1. The summed E-state index contributed by atoms with van der Waals surface area (Å²) in [4.78, 5) is 30.1. The van der Waals surface area contributed by atoms with Gasteiger partial charge in [0, 0.05) is 44.8 Å². The second-order valence-corrected chi connectivity index (χ2v) is 9.94. The van der Waals surface area contributed by atoms with Gasteiger partial charge in [-0.05, 0) is 72.1 Å². The third kappa shape index (κ3) is 8.08. The molecule has 0 radical (unpaired) electrons. The van der Waals surface area contributed by atoms with E-state index in [0.717, 1.165) is 25.7 Å². The molecule has 192 valence electrons. The van der Waals surface area contributed by atoms with Gasteiger partial charge in [-0.3, -0.25) is 4.79 Å². The van der Waals surface area contributed by atoms with Crippen LogP contribution in [0.4, 0.5) is 4.79 Å². The van der Waals surface area contributed by atoms with Crippen LogP contribution in [0.25, 0.3) is 0 Å². The third-order valence-corrected chi connectivity index (χ3v) is 5.64. The highest BCUT2D eigenvalue weighted by atomic mass is 16.6. The summed E-state index contributed by atoms with van der Waals surface area (Å²) in [5.41, 5.74) is -0.0286. The lowest BCUT2D eigenvalue weighted by Gasteiger charge is -2.37. The van der Waals surface area contributed by atoms with Crippen LogP contribution in [-0.2, 0) is 9.47 Å². The van der Waals surface area contributed by atoms with Crippen LogP contribution in [0, 0.1) is 0 Å². The topological polar surface area (TPSA) is 77.5 Å². The Bertz CT molecular complexity index is 805. The van der Waals surface area contributed by atoms with Gasteiger partial charge in [0.2, 0.25) is 0 Å². The Balaban J connectivity index is 2.24. The van der Waals surface area contributed by atoms with Crippen molar-refractivity contribution in [1.82, 2.24) is 9.80 Å². The van der Waals surface area contributed by atoms with Crippen LogP contribution in [0.2, 0.25) is 0 Å². The minimum atomic E-state index is -0.560. The molecular weight excluding hydrogens is 436 g/mol. The number of hydrogen-bond donors (Lipinski definition) is 0. The molecule has 2 rings (SSSR count). The summed E-state index contributed by atoms with van der Waals surface area (Å²) in [5, 5.41) is 0. The Morgan fingerprint density at radius 3 is 2.47 bits per heavy atom. The first-order valence-electron chi connectivity index (χ1n) is 12.2. The fraction of sp³-hybridized carbons (Fsp3) is 0.692. The Labute approximate surface area is 204 Å². The van der Waals surface area contributed by atoms with Crippen molar-refractivity contribution in [1.29, 1.82) is 0 Å².